The van der Waals surface area contributed by atoms with Crippen molar-refractivity contribution in [3.8, 4) is 17.2 Å². The van der Waals surface area contributed by atoms with Crippen LogP contribution in [0.4, 0.5) is 0 Å². The maximum Gasteiger partial charge on any atom is 0.194 e. The standard InChI is InChI=1S/C16H15ClO4/c1-19-11-6-4-5-10(7-11)16(18)12-8-14(20-2)15(21-3)9-13(12)17/h4-9H,1-3H3. The highest BCUT2D eigenvalue weighted by molar-refractivity contribution is 6.35. The molecule has 0 bridgehead atoms. The lowest BCUT2D eigenvalue weighted by atomic mass is 10.0. The third-order valence-corrected chi connectivity index (χ3v) is 3.36. The number of ketones is 1. The summed E-state index contributed by atoms with van der Waals surface area (Å²) in [5.41, 5.74) is 0.839. The largest absolute Gasteiger partial charge is 0.497 e. The molecule has 21 heavy (non-hydrogen) atoms. The Kier molecular flexibility index (Phi) is 4.70. The van der Waals surface area contributed by atoms with Gasteiger partial charge in [0, 0.05) is 17.2 Å². The first-order chi connectivity index (χ1) is 10.1. The van der Waals surface area contributed by atoms with E-state index in [-0.39, 0.29) is 5.78 Å². The zero-order valence-corrected chi connectivity index (χ0v) is 12.7. The van der Waals surface area contributed by atoms with Crippen molar-refractivity contribution in [2.24, 2.45) is 0 Å². The Morgan fingerprint density at radius 2 is 1.62 bits per heavy atom. The summed E-state index contributed by atoms with van der Waals surface area (Å²) in [4.78, 5) is 12.6. The fourth-order valence-corrected chi connectivity index (χ4v) is 2.19. The molecule has 110 valence electrons. The molecule has 0 aromatic heterocycles. The minimum Gasteiger partial charge on any atom is -0.497 e. The zero-order valence-electron chi connectivity index (χ0n) is 12.0. The Balaban J connectivity index is 2.47. The van der Waals surface area contributed by atoms with Crippen LogP contribution in [0.1, 0.15) is 15.9 Å². The number of carbonyl (C=O) groups excluding carboxylic acids is 1. The summed E-state index contributed by atoms with van der Waals surface area (Å²) in [5, 5.41) is 0.306. The van der Waals surface area contributed by atoms with Gasteiger partial charge in [0.1, 0.15) is 5.75 Å². The molecule has 0 saturated heterocycles. The molecule has 0 radical (unpaired) electrons. The Morgan fingerprint density at radius 3 is 2.24 bits per heavy atom. The lowest BCUT2D eigenvalue weighted by molar-refractivity contribution is 0.103. The summed E-state index contributed by atoms with van der Waals surface area (Å²) >= 11 is 6.17. The Labute approximate surface area is 128 Å². The topological polar surface area (TPSA) is 44.8 Å². The van der Waals surface area contributed by atoms with Gasteiger partial charge >= 0.3 is 0 Å². The fraction of sp³-hybridized carbons (Fsp3) is 0.188. The van der Waals surface area contributed by atoms with E-state index < -0.39 is 0 Å². The molecule has 0 fully saturated rings. The molecule has 0 unspecified atom stereocenters. The molecular formula is C16H15ClO4. The van der Waals surface area contributed by atoms with Gasteiger partial charge in [0.05, 0.1) is 26.4 Å². The van der Waals surface area contributed by atoms with Crippen LogP contribution in [0.25, 0.3) is 0 Å². The molecule has 2 rings (SSSR count). The molecule has 2 aromatic rings. The highest BCUT2D eigenvalue weighted by Crippen LogP contribution is 2.34. The van der Waals surface area contributed by atoms with Gasteiger partial charge in [-0.1, -0.05) is 23.7 Å². The van der Waals surface area contributed by atoms with Crippen molar-refractivity contribution >= 4 is 17.4 Å². The number of halogens is 1. The molecule has 4 nitrogen and oxygen atoms in total. The predicted octanol–water partition coefficient (Wildman–Crippen LogP) is 3.60. The zero-order chi connectivity index (χ0) is 15.4. The van der Waals surface area contributed by atoms with Gasteiger partial charge in [-0.25, -0.2) is 0 Å². The van der Waals surface area contributed by atoms with E-state index in [2.05, 4.69) is 0 Å². The summed E-state index contributed by atoms with van der Waals surface area (Å²) in [6.07, 6.45) is 0. The van der Waals surface area contributed by atoms with E-state index in [0.717, 1.165) is 0 Å². The molecule has 0 aliphatic heterocycles. The summed E-state index contributed by atoms with van der Waals surface area (Å²) in [5.74, 6) is 1.33. The van der Waals surface area contributed by atoms with Gasteiger partial charge in [-0.05, 0) is 18.2 Å². The van der Waals surface area contributed by atoms with Crippen LogP contribution < -0.4 is 14.2 Å². The van der Waals surface area contributed by atoms with Crippen LogP contribution in [0.15, 0.2) is 36.4 Å². The number of carbonyl (C=O) groups is 1. The monoisotopic (exact) mass is 306 g/mol. The molecule has 0 N–H and O–H groups in total. The minimum atomic E-state index is -0.208. The second-order valence-corrected chi connectivity index (χ2v) is 4.66. The third-order valence-electron chi connectivity index (χ3n) is 3.05. The second-order valence-electron chi connectivity index (χ2n) is 4.25. The van der Waals surface area contributed by atoms with E-state index in [0.29, 0.717) is 33.4 Å². The van der Waals surface area contributed by atoms with E-state index in [1.165, 1.54) is 14.2 Å². The van der Waals surface area contributed by atoms with Gasteiger partial charge in [-0.2, -0.15) is 0 Å². The predicted molar refractivity (Wildman–Crippen MR) is 81.0 cm³/mol. The molecule has 0 aliphatic rings. The quantitative estimate of drug-likeness (QED) is 0.792. The van der Waals surface area contributed by atoms with E-state index in [4.69, 9.17) is 25.8 Å². The van der Waals surface area contributed by atoms with Crippen molar-refractivity contribution in [1.82, 2.24) is 0 Å². The first-order valence-electron chi connectivity index (χ1n) is 6.21. The minimum absolute atomic E-state index is 0.208. The molecule has 0 spiro atoms. The van der Waals surface area contributed by atoms with E-state index in [9.17, 15) is 4.79 Å². The molecule has 5 heteroatoms. The van der Waals surface area contributed by atoms with Crippen LogP contribution in [0.5, 0.6) is 17.2 Å². The van der Waals surface area contributed by atoms with Gasteiger partial charge in [0.2, 0.25) is 0 Å². The number of ether oxygens (including phenoxy) is 3. The summed E-state index contributed by atoms with van der Waals surface area (Å²) in [7, 11) is 4.57. The van der Waals surface area contributed by atoms with E-state index >= 15 is 0 Å². The van der Waals surface area contributed by atoms with Gasteiger partial charge < -0.3 is 14.2 Å². The SMILES string of the molecule is COc1cccc(C(=O)c2cc(OC)c(OC)cc2Cl)c1. The van der Waals surface area contributed by atoms with Crippen LogP contribution in [0, 0.1) is 0 Å². The number of benzene rings is 2. The lowest BCUT2D eigenvalue weighted by Gasteiger charge is -2.11. The Bertz CT molecular complexity index is 667. The van der Waals surface area contributed by atoms with Crippen molar-refractivity contribution in [3.05, 3.63) is 52.5 Å². The first-order valence-corrected chi connectivity index (χ1v) is 6.58. The van der Waals surface area contributed by atoms with Crippen molar-refractivity contribution in [1.29, 1.82) is 0 Å². The van der Waals surface area contributed by atoms with E-state index in [1.54, 1.807) is 43.5 Å². The van der Waals surface area contributed by atoms with Crippen molar-refractivity contribution in [2.75, 3.05) is 21.3 Å². The van der Waals surface area contributed by atoms with Crippen LogP contribution in [0.2, 0.25) is 5.02 Å². The average molecular weight is 307 g/mol. The maximum absolute atomic E-state index is 12.6. The van der Waals surface area contributed by atoms with Crippen molar-refractivity contribution < 1.29 is 19.0 Å². The molecule has 0 amide bonds. The van der Waals surface area contributed by atoms with Crippen LogP contribution >= 0.6 is 11.6 Å². The Hall–Kier alpha value is -2.20. The average Bonchev–Trinajstić information content (AvgIpc) is 2.53. The van der Waals surface area contributed by atoms with Gasteiger partial charge in [0.15, 0.2) is 17.3 Å². The smallest absolute Gasteiger partial charge is 0.194 e. The van der Waals surface area contributed by atoms with Gasteiger partial charge in [0.25, 0.3) is 0 Å². The highest BCUT2D eigenvalue weighted by Gasteiger charge is 2.17. The lowest BCUT2D eigenvalue weighted by Crippen LogP contribution is -2.04. The normalized spacial score (nSPS) is 10.1. The van der Waals surface area contributed by atoms with Gasteiger partial charge in [-0.3, -0.25) is 4.79 Å². The number of hydrogen-bond acceptors (Lipinski definition) is 4. The summed E-state index contributed by atoms with van der Waals surface area (Å²) in [6.45, 7) is 0. The Morgan fingerprint density at radius 1 is 0.952 bits per heavy atom. The summed E-state index contributed by atoms with van der Waals surface area (Å²) in [6, 6.07) is 10.0. The molecule has 2 aromatic carbocycles. The van der Waals surface area contributed by atoms with Crippen molar-refractivity contribution in [3.63, 3.8) is 0 Å². The number of rotatable bonds is 5. The first kappa shape index (κ1) is 15.2. The fourth-order valence-electron chi connectivity index (χ4n) is 1.95. The third kappa shape index (κ3) is 3.11. The number of methoxy groups -OCH3 is 3. The molecule has 0 heterocycles. The van der Waals surface area contributed by atoms with Gasteiger partial charge in [-0.15, -0.1) is 0 Å². The number of hydrogen-bond donors (Lipinski definition) is 0. The highest BCUT2D eigenvalue weighted by atomic mass is 35.5. The summed E-state index contributed by atoms with van der Waals surface area (Å²) < 4.78 is 15.5. The molecule has 0 saturated carbocycles. The van der Waals surface area contributed by atoms with Crippen LogP contribution in [0.3, 0.4) is 0 Å². The second kappa shape index (κ2) is 6.50. The molecule has 0 aliphatic carbocycles. The van der Waals surface area contributed by atoms with Crippen LogP contribution in [-0.4, -0.2) is 27.1 Å². The maximum atomic E-state index is 12.6. The van der Waals surface area contributed by atoms with Crippen LogP contribution in [-0.2, 0) is 0 Å². The van der Waals surface area contributed by atoms with E-state index in [1.807, 2.05) is 0 Å². The molecule has 0 atom stereocenters. The molecular weight excluding hydrogens is 292 g/mol. The van der Waals surface area contributed by atoms with Crippen molar-refractivity contribution in [2.45, 2.75) is 0 Å².